The molecule has 29 heavy (non-hydrogen) atoms. The highest BCUT2D eigenvalue weighted by atomic mass is 16.2. The van der Waals surface area contributed by atoms with Gasteiger partial charge in [-0.3, -0.25) is 9.59 Å². The van der Waals surface area contributed by atoms with Crippen LogP contribution in [0.1, 0.15) is 41.6 Å². The first-order valence-corrected chi connectivity index (χ1v) is 9.92. The first-order valence-electron chi connectivity index (χ1n) is 9.92. The van der Waals surface area contributed by atoms with Crippen molar-refractivity contribution in [2.24, 2.45) is 0 Å². The minimum absolute atomic E-state index is 0.190. The summed E-state index contributed by atoms with van der Waals surface area (Å²) >= 11 is 0. The van der Waals surface area contributed by atoms with Crippen LogP contribution in [0.25, 0.3) is 0 Å². The standard InChI is InChI=1S/C22H24N4O3/c27-20-2-1-13-26(20)14-15-3-5-16(6-4-15)21(28)23-17-7-9-18(10-8-17)24-22(29)25-19-11-12-19/h3-10,19H,1-2,11-14H2,(H,23,28)(H2,24,25,29). The molecule has 2 aromatic rings. The number of hydrogen-bond donors (Lipinski definition) is 3. The number of nitrogens with zero attached hydrogens (tertiary/aromatic N) is 1. The van der Waals surface area contributed by atoms with Crippen LogP contribution < -0.4 is 16.0 Å². The number of likely N-dealkylation sites (tertiary alicyclic amines) is 1. The second-order valence-corrected chi connectivity index (χ2v) is 7.52. The summed E-state index contributed by atoms with van der Waals surface area (Å²) in [6.07, 6.45) is 3.62. The maximum Gasteiger partial charge on any atom is 0.319 e. The van der Waals surface area contributed by atoms with Gasteiger partial charge in [-0.1, -0.05) is 12.1 Å². The molecule has 7 nitrogen and oxygen atoms in total. The van der Waals surface area contributed by atoms with E-state index in [1.54, 1.807) is 36.4 Å². The van der Waals surface area contributed by atoms with Gasteiger partial charge in [0.1, 0.15) is 0 Å². The van der Waals surface area contributed by atoms with Crippen molar-refractivity contribution < 1.29 is 14.4 Å². The Balaban J connectivity index is 1.30. The molecule has 0 spiro atoms. The molecule has 1 aliphatic carbocycles. The van der Waals surface area contributed by atoms with Gasteiger partial charge >= 0.3 is 6.03 Å². The van der Waals surface area contributed by atoms with Crippen molar-refractivity contribution in [1.29, 1.82) is 0 Å². The Morgan fingerprint density at radius 1 is 0.931 bits per heavy atom. The molecule has 4 rings (SSSR count). The van der Waals surface area contributed by atoms with Crippen molar-refractivity contribution in [3.63, 3.8) is 0 Å². The molecule has 2 aliphatic rings. The molecule has 7 heteroatoms. The van der Waals surface area contributed by atoms with Crippen LogP contribution in [0, 0.1) is 0 Å². The number of carbonyl (C=O) groups is 3. The summed E-state index contributed by atoms with van der Waals surface area (Å²) in [5.41, 5.74) is 2.88. The first kappa shape index (κ1) is 19.0. The number of hydrogen-bond acceptors (Lipinski definition) is 3. The van der Waals surface area contributed by atoms with E-state index >= 15 is 0 Å². The highest BCUT2D eigenvalue weighted by Gasteiger charge is 2.23. The molecule has 0 atom stereocenters. The Bertz CT molecular complexity index is 905. The summed E-state index contributed by atoms with van der Waals surface area (Å²) < 4.78 is 0. The van der Waals surface area contributed by atoms with Crippen LogP contribution in [0.15, 0.2) is 48.5 Å². The summed E-state index contributed by atoms with van der Waals surface area (Å²) in [5, 5.41) is 8.48. The van der Waals surface area contributed by atoms with Crippen molar-refractivity contribution in [2.45, 2.75) is 38.3 Å². The first-order chi connectivity index (χ1) is 14.1. The summed E-state index contributed by atoms with van der Waals surface area (Å²) in [4.78, 5) is 37.8. The van der Waals surface area contributed by atoms with Gasteiger partial charge in [-0.2, -0.15) is 0 Å². The van der Waals surface area contributed by atoms with Crippen LogP contribution in [0.4, 0.5) is 16.2 Å². The van der Waals surface area contributed by atoms with Crippen LogP contribution in [-0.2, 0) is 11.3 Å². The lowest BCUT2D eigenvalue weighted by molar-refractivity contribution is -0.128. The van der Waals surface area contributed by atoms with Crippen LogP contribution in [0.2, 0.25) is 0 Å². The molecular weight excluding hydrogens is 368 g/mol. The Morgan fingerprint density at radius 2 is 1.59 bits per heavy atom. The van der Waals surface area contributed by atoms with Gasteiger partial charge in [-0.05, 0) is 61.2 Å². The number of urea groups is 1. The number of amides is 4. The molecule has 0 radical (unpaired) electrons. The van der Waals surface area contributed by atoms with Gasteiger partial charge in [0.05, 0.1) is 0 Å². The molecule has 3 N–H and O–H groups in total. The summed E-state index contributed by atoms with van der Waals surface area (Å²) in [6.45, 7) is 1.39. The third kappa shape index (κ3) is 5.13. The van der Waals surface area contributed by atoms with Crippen molar-refractivity contribution in [2.75, 3.05) is 17.2 Å². The summed E-state index contributed by atoms with van der Waals surface area (Å²) in [6, 6.07) is 14.4. The number of anilines is 2. The Hall–Kier alpha value is -3.35. The van der Waals surface area contributed by atoms with E-state index in [9.17, 15) is 14.4 Å². The second-order valence-electron chi connectivity index (χ2n) is 7.52. The predicted molar refractivity (Wildman–Crippen MR) is 111 cm³/mol. The lowest BCUT2D eigenvalue weighted by atomic mass is 10.1. The predicted octanol–water partition coefficient (Wildman–Crippen LogP) is 3.35. The fourth-order valence-corrected chi connectivity index (χ4v) is 3.27. The number of carbonyl (C=O) groups excluding carboxylic acids is 3. The maximum absolute atomic E-state index is 12.5. The zero-order valence-electron chi connectivity index (χ0n) is 16.1. The van der Waals surface area contributed by atoms with Gasteiger partial charge in [0.15, 0.2) is 0 Å². The van der Waals surface area contributed by atoms with E-state index < -0.39 is 0 Å². The topological polar surface area (TPSA) is 90.5 Å². The summed E-state index contributed by atoms with van der Waals surface area (Å²) in [7, 11) is 0. The average molecular weight is 392 g/mol. The van der Waals surface area contributed by atoms with Gasteiger partial charge < -0.3 is 20.9 Å². The third-order valence-electron chi connectivity index (χ3n) is 5.07. The third-order valence-corrected chi connectivity index (χ3v) is 5.07. The number of rotatable bonds is 6. The molecule has 0 unspecified atom stereocenters. The van der Waals surface area contributed by atoms with Crippen LogP contribution in [0.5, 0.6) is 0 Å². The van der Waals surface area contributed by atoms with E-state index in [2.05, 4.69) is 16.0 Å². The van der Waals surface area contributed by atoms with Crippen molar-refractivity contribution in [1.82, 2.24) is 10.2 Å². The molecule has 1 saturated heterocycles. The maximum atomic E-state index is 12.5. The SMILES string of the molecule is O=C(Nc1ccc(NC(=O)c2ccc(CN3CCCC3=O)cc2)cc1)NC1CC1. The molecule has 1 heterocycles. The van der Waals surface area contributed by atoms with E-state index in [-0.39, 0.29) is 17.8 Å². The van der Waals surface area contributed by atoms with Crippen LogP contribution in [0.3, 0.4) is 0 Å². The van der Waals surface area contributed by atoms with E-state index in [1.165, 1.54) is 0 Å². The van der Waals surface area contributed by atoms with E-state index in [4.69, 9.17) is 0 Å². The number of benzene rings is 2. The average Bonchev–Trinajstić information content (AvgIpc) is 3.44. The second kappa shape index (κ2) is 8.34. The van der Waals surface area contributed by atoms with Gasteiger partial charge in [-0.25, -0.2) is 4.79 Å². The number of nitrogens with one attached hydrogen (secondary N) is 3. The Labute approximate surface area is 169 Å². The molecule has 1 aliphatic heterocycles. The van der Waals surface area contributed by atoms with E-state index in [1.807, 2.05) is 17.0 Å². The highest BCUT2D eigenvalue weighted by molar-refractivity contribution is 6.04. The molecular formula is C22H24N4O3. The quantitative estimate of drug-likeness (QED) is 0.704. The smallest absolute Gasteiger partial charge is 0.319 e. The normalized spacial score (nSPS) is 15.9. The Kier molecular flexibility index (Phi) is 5.46. The van der Waals surface area contributed by atoms with E-state index in [0.29, 0.717) is 35.9 Å². The van der Waals surface area contributed by atoms with Crippen LogP contribution >= 0.6 is 0 Å². The molecule has 2 aromatic carbocycles. The van der Waals surface area contributed by atoms with Crippen molar-refractivity contribution in [3.8, 4) is 0 Å². The van der Waals surface area contributed by atoms with Gasteiger partial charge in [0.25, 0.3) is 5.91 Å². The molecule has 0 bridgehead atoms. The summed E-state index contributed by atoms with van der Waals surface area (Å²) in [5.74, 6) is -0.0178. The van der Waals surface area contributed by atoms with Crippen molar-refractivity contribution >= 4 is 29.2 Å². The lowest BCUT2D eigenvalue weighted by Gasteiger charge is -2.15. The minimum Gasteiger partial charge on any atom is -0.338 e. The zero-order valence-corrected chi connectivity index (χ0v) is 16.1. The van der Waals surface area contributed by atoms with Gasteiger partial charge in [0.2, 0.25) is 5.91 Å². The molecule has 4 amide bonds. The molecule has 2 fully saturated rings. The fraction of sp³-hybridized carbons (Fsp3) is 0.318. The largest absolute Gasteiger partial charge is 0.338 e. The Morgan fingerprint density at radius 3 is 2.17 bits per heavy atom. The molecule has 0 aromatic heterocycles. The van der Waals surface area contributed by atoms with E-state index in [0.717, 1.165) is 31.4 Å². The highest BCUT2D eigenvalue weighted by Crippen LogP contribution is 2.20. The van der Waals surface area contributed by atoms with Crippen molar-refractivity contribution in [3.05, 3.63) is 59.7 Å². The van der Waals surface area contributed by atoms with Gasteiger partial charge in [0, 0.05) is 42.5 Å². The van der Waals surface area contributed by atoms with Crippen LogP contribution in [-0.4, -0.2) is 35.3 Å². The monoisotopic (exact) mass is 392 g/mol. The zero-order chi connectivity index (χ0) is 20.2. The fourth-order valence-electron chi connectivity index (χ4n) is 3.27. The molecule has 1 saturated carbocycles. The minimum atomic E-state index is -0.208. The molecule has 150 valence electrons. The lowest BCUT2D eigenvalue weighted by Crippen LogP contribution is -2.30. The van der Waals surface area contributed by atoms with Gasteiger partial charge in [-0.15, -0.1) is 0 Å².